The molecule has 0 N–H and O–H groups in total. The molecule has 0 saturated carbocycles. The summed E-state index contributed by atoms with van der Waals surface area (Å²) in [5, 5.41) is -0.0514. The molecule has 3 aromatic rings. The van der Waals surface area contributed by atoms with Crippen molar-refractivity contribution < 1.29 is 21.6 Å². The van der Waals surface area contributed by atoms with Gasteiger partial charge in [-0.3, -0.25) is 0 Å². The Hall–Kier alpha value is -2.53. The van der Waals surface area contributed by atoms with Gasteiger partial charge in [0, 0.05) is 20.2 Å². The molecular weight excluding hydrogens is 486 g/mol. The van der Waals surface area contributed by atoms with Crippen LogP contribution < -0.4 is 0 Å². The Bertz CT molecular complexity index is 1320. The number of aromatic nitrogens is 2. The van der Waals surface area contributed by atoms with E-state index >= 15 is 0 Å². The minimum Gasteiger partial charge on any atom is -0.383 e. The quantitative estimate of drug-likeness (QED) is 0.362. The van der Waals surface area contributed by atoms with Crippen molar-refractivity contribution in [2.45, 2.75) is 49.7 Å². The molecule has 0 fully saturated rings. The van der Waals surface area contributed by atoms with Crippen molar-refractivity contribution in [3.63, 3.8) is 0 Å². The lowest BCUT2D eigenvalue weighted by Crippen LogP contribution is -2.34. The summed E-state index contributed by atoms with van der Waals surface area (Å²) in [6.45, 7) is 6.52. The summed E-state index contributed by atoms with van der Waals surface area (Å²) < 4.78 is 61.6. The van der Waals surface area contributed by atoms with Crippen LogP contribution in [-0.2, 0) is 43.4 Å². The van der Waals surface area contributed by atoms with Gasteiger partial charge in [-0.05, 0) is 30.5 Å². The van der Waals surface area contributed by atoms with E-state index in [1.54, 1.807) is 53.1 Å². The highest BCUT2D eigenvalue weighted by atomic mass is 32.2. The van der Waals surface area contributed by atoms with Crippen LogP contribution in [0.5, 0.6) is 0 Å². The number of sulfone groups is 1. The van der Waals surface area contributed by atoms with Gasteiger partial charge in [0.15, 0.2) is 0 Å². The van der Waals surface area contributed by atoms with E-state index in [0.717, 1.165) is 5.56 Å². The highest BCUT2D eigenvalue weighted by Gasteiger charge is 2.29. The molecule has 0 spiro atoms. The summed E-state index contributed by atoms with van der Waals surface area (Å²) in [7, 11) is -6.09. The zero-order chi connectivity index (χ0) is 25.6. The number of benzene rings is 2. The first kappa shape index (κ1) is 27.1. The SMILES string of the molecule is COCCN(Cc1cnc(S(=O)(=O)Cc2ccccc2)n1CC(C)C)S(=O)(=O)c1ccc(C)cc1. The van der Waals surface area contributed by atoms with Gasteiger partial charge < -0.3 is 9.30 Å². The van der Waals surface area contributed by atoms with Crippen LogP contribution in [0.25, 0.3) is 0 Å². The van der Waals surface area contributed by atoms with E-state index < -0.39 is 19.9 Å². The second kappa shape index (κ2) is 11.5. The number of ether oxygens (including phenoxy) is 1. The van der Waals surface area contributed by atoms with Gasteiger partial charge in [0.2, 0.25) is 25.0 Å². The molecule has 0 atom stereocenters. The van der Waals surface area contributed by atoms with Gasteiger partial charge in [-0.1, -0.05) is 61.9 Å². The lowest BCUT2D eigenvalue weighted by atomic mass is 10.2. The third-order valence-corrected chi connectivity index (χ3v) is 8.92. The molecular formula is C25H33N3O5S2. The van der Waals surface area contributed by atoms with E-state index in [1.165, 1.54) is 17.6 Å². The molecule has 0 radical (unpaired) electrons. The van der Waals surface area contributed by atoms with Crippen LogP contribution in [-0.4, -0.2) is 51.0 Å². The molecule has 0 aliphatic carbocycles. The fraction of sp³-hybridized carbons (Fsp3) is 0.400. The molecule has 3 rings (SSSR count). The Morgan fingerprint density at radius 1 is 1.00 bits per heavy atom. The largest absolute Gasteiger partial charge is 0.383 e. The maximum absolute atomic E-state index is 13.5. The van der Waals surface area contributed by atoms with Crippen LogP contribution >= 0.6 is 0 Å². The zero-order valence-corrected chi connectivity index (χ0v) is 22.2. The van der Waals surface area contributed by atoms with Crippen LogP contribution in [0, 0.1) is 12.8 Å². The van der Waals surface area contributed by atoms with Crippen LogP contribution in [0.4, 0.5) is 0 Å². The Kier molecular flexibility index (Phi) is 8.87. The molecule has 0 bridgehead atoms. The van der Waals surface area contributed by atoms with Gasteiger partial charge >= 0.3 is 0 Å². The third kappa shape index (κ3) is 6.78. The minimum absolute atomic E-state index is 0.0276. The van der Waals surface area contributed by atoms with E-state index in [0.29, 0.717) is 17.8 Å². The molecule has 35 heavy (non-hydrogen) atoms. The monoisotopic (exact) mass is 519 g/mol. The number of methoxy groups -OCH3 is 1. The molecule has 0 aliphatic rings. The van der Waals surface area contributed by atoms with Gasteiger partial charge in [0.1, 0.15) is 0 Å². The Balaban J connectivity index is 2.00. The van der Waals surface area contributed by atoms with Gasteiger partial charge in [-0.25, -0.2) is 21.8 Å². The lowest BCUT2D eigenvalue weighted by Gasteiger charge is -2.23. The first-order chi connectivity index (χ1) is 16.5. The number of sulfonamides is 1. The maximum atomic E-state index is 13.5. The number of hydrogen-bond donors (Lipinski definition) is 0. The van der Waals surface area contributed by atoms with E-state index in [4.69, 9.17) is 4.74 Å². The molecule has 190 valence electrons. The molecule has 0 saturated heterocycles. The first-order valence-electron chi connectivity index (χ1n) is 11.4. The standard InChI is InChI=1S/C25H33N3O5S2/c1-20(2)17-28-23(16-26-25(28)34(29,30)19-22-8-6-5-7-9-22)18-27(14-15-33-4)35(31,32)24-12-10-21(3)11-13-24/h5-13,16,20H,14-15,17-19H2,1-4H3. The summed E-state index contributed by atoms with van der Waals surface area (Å²) in [5.41, 5.74) is 2.13. The molecule has 8 nitrogen and oxygen atoms in total. The van der Waals surface area contributed by atoms with E-state index in [2.05, 4.69) is 4.98 Å². The fourth-order valence-electron chi connectivity index (χ4n) is 3.70. The topological polar surface area (TPSA) is 98.6 Å². The van der Waals surface area contributed by atoms with Crippen LogP contribution in [0.15, 0.2) is 70.8 Å². The smallest absolute Gasteiger partial charge is 0.243 e. The highest BCUT2D eigenvalue weighted by molar-refractivity contribution is 7.90. The highest BCUT2D eigenvalue weighted by Crippen LogP contribution is 2.23. The second-order valence-electron chi connectivity index (χ2n) is 8.93. The van der Waals surface area contributed by atoms with Crippen LogP contribution in [0.2, 0.25) is 0 Å². The Morgan fingerprint density at radius 3 is 2.26 bits per heavy atom. The number of nitrogens with zero attached hydrogens (tertiary/aromatic N) is 3. The normalized spacial score (nSPS) is 12.5. The summed E-state index contributed by atoms with van der Waals surface area (Å²) >= 11 is 0. The third-order valence-electron chi connectivity index (χ3n) is 5.47. The predicted octanol–water partition coefficient (Wildman–Crippen LogP) is 3.66. The van der Waals surface area contributed by atoms with Crippen molar-refractivity contribution in [3.8, 4) is 0 Å². The Morgan fingerprint density at radius 2 is 1.66 bits per heavy atom. The number of rotatable bonds is 12. The zero-order valence-electron chi connectivity index (χ0n) is 20.6. The number of imidazole rings is 1. The van der Waals surface area contributed by atoms with E-state index in [-0.39, 0.29) is 41.4 Å². The first-order valence-corrected chi connectivity index (χ1v) is 14.5. The summed E-state index contributed by atoms with van der Waals surface area (Å²) in [5.74, 6) is -0.0629. The summed E-state index contributed by atoms with van der Waals surface area (Å²) in [6.07, 6.45) is 1.46. The van der Waals surface area contributed by atoms with E-state index in [1.807, 2.05) is 26.8 Å². The van der Waals surface area contributed by atoms with Crippen molar-refractivity contribution in [3.05, 3.63) is 77.6 Å². The fourth-order valence-corrected chi connectivity index (χ4v) is 6.60. The molecule has 0 unspecified atom stereocenters. The average molecular weight is 520 g/mol. The van der Waals surface area contributed by atoms with Crippen LogP contribution in [0.3, 0.4) is 0 Å². The van der Waals surface area contributed by atoms with Crippen LogP contribution in [0.1, 0.15) is 30.7 Å². The van der Waals surface area contributed by atoms with Gasteiger partial charge in [-0.15, -0.1) is 0 Å². The van der Waals surface area contributed by atoms with Gasteiger partial charge in [0.25, 0.3) is 0 Å². The molecule has 1 heterocycles. The second-order valence-corrected chi connectivity index (χ2v) is 12.7. The van der Waals surface area contributed by atoms with E-state index in [9.17, 15) is 16.8 Å². The molecule has 0 aliphatic heterocycles. The van der Waals surface area contributed by atoms with Crippen molar-refractivity contribution in [1.82, 2.24) is 13.9 Å². The molecule has 1 aromatic heterocycles. The van der Waals surface area contributed by atoms with Crippen molar-refractivity contribution in [2.24, 2.45) is 5.92 Å². The molecule has 0 amide bonds. The van der Waals surface area contributed by atoms with Gasteiger partial charge in [0.05, 0.1) is 35.7 Å². The summed E-state index contributed by atoms with van der Waals surface area (Å²) in [4.78, 5) is 4.43. The van der Waals surface area contributed by atoms with Crippen molar-refractivity contribution >= 4 is 19.9 Å². The lowest BCUT2D eigenvalue weighted by molar-refractivity contribution is 0.176. The molecule has 10 heteroatoms. The van der Waals surface area contributed by atoms with Crippen molar-refractivity contribution in [1.29, 1.82) is 0 Å². The average Bonchev–Trinajstić information content (AvgIpc) is 3.19. The predicted molar refractivity (Wildman–Crippen MR) is 135 cm³/mol. The minimum atomic E-state index is -3.85. The van der Waals surface area contributed by atoms with Gasteiger partial charge in [-0.2, -0.15) is 4.31 Å². The maximum Gasteiger partial charge on any atom is 0.243 e. The number of aryl methyl sites for hydroxylation is 1. The summed E-state index contributed by atoms with van der Waals surface area (Å²) in [6, 6.07) is 15.6. The molecule has 2 aromatic carbocycles. The number of hydrogen-bond acceptors (Lipinski definition) is 6. The van der Waals surface area contributed by atoms with Crippen molar-refractivity contribution in [2.75, 3.05) is 20.3 Å². The Labute approximate surface area is 208 Å².